The van der Waals surface area contributed by atoms with Crippen molar-refractivity contribution in [1.29, 1.82) is 0 Å². The van der Waals surface area contributed by atoms with Gasteiger partial charge in [-0.25, -0.2) is 0 Å². The molecule has 0 amide bonds. The van der Waals surface area contributed by atoms with Crippen molar-refractivity contribution in [1.82, 2.24) is 10.2 Å². The minimum atomic E-state index is -0.0732. The van der Waals surface area contributed by atoms with Crippen molar-refractivity contribution < 1.29 is 9.84 Å². The lowest BCUT2D eigenvalue weighted by Crippen LogP contribution is -2.50. The van der Waals surface area contributed by atoms with Gasteiger partial charge in [0.2, 0.25) is 0 Å². The second kappa shape index (κ2) is 7.74. The summed E-state index contributed by atoms with van der Waals surface area (Å²) in [7, 11) is 0. The van der Waals surface area contributed by atoms with Crippen molar-refractivity contribution in [2.24, 2.45) is 11.3 Å². The zero-order valence-electron chi connectivity index (χ0n) is 13.2. The van der Waals surface area contributed by atoms with E-state index in [0.717, 1.165) is 71.6 Å². The van der Waals surface area contributed by atoms with Gasteiger partial charge < -0.3 is 20.1 Å². The number of aliphatic hydroxyl groups excluding tert-OH is 1. The largest absolute Gasteiger partial charge is 0.393 e. The number of piperidine rings is 1. The molecule has 2 N–H and O–H groups in total. The molecule has 4 heteroatoms. The van der Waals surface area contributed by atoms with Crippen LogP contribution in [0, 0.1) is 11.3 Å². The molecule has 2 aliphatic heterocycles. The van der Waals surface area contributed by atoms with Gasteiger partial charge in [0.25, 0.3) is 0 Å². The van der Waals surface area contributed by atoms with Gasteiger partial charge in [-0.2, -0.15) is 0 Å². The van der Waals surface area contributed by atoms with Crippen molar-refractivity contribution in [2.75, 3.05) is 45.9 Å². The van der Waals surface area contributed by atoms with E-state index in [1.807, 2.05) is 0 Å². The Morgan fingerprint density at radius 3 is 2.50 bits per heavy atom. The Morgan fingerprint density at radius 1 is 1.25 bits per heavy atom. The molecule has 0 bridgehead atoms. The number of nitrogens with one attached hydrogen (secondary N) is 1. The summed E-state index contributed by atoms with van der Waals surface area (Å²) in [5.41, 5.74) is 0.370. The SMILES string of the molecule is CC(C)CNCC1(CN2CCC(O)CC2)CCOCC1. The number of hydrogen-bond donors (Lipinski definition) is 2. The Labute approximate surface area is 123 Å². The average molecular weight is 284 g/mol. The lowest BCUT2D eigenvalue weighted by Gasteiger charge is -2.43. The van der Waals surface area contributed by atoms with Crippen LogP contribution in [0.1, 0.15) is 39.5 Å². The first-order chi connectivity index (χ1) is 9.60. The molecule has 0 aliphatic carbocycles. The van der Waals surface area contributed by atoms with E-state index < -0.39 is 0 Å². The van der Waals surface area contributed by atoms with Gasteiger partial charge in [0.05, 0.1) is 6.10 Å². The van der Waals surface area contributed by atoms with Crippen LogP contribution in [0.25, 0.3) is 0 Å². The van der Waals surface area contributed by atoms with Crippen LogP contribution in [-0.4, -0.2) is 62.0 Å². The second-order valence-electron chi connectivity index (χ2n) is 7.14. The molecule has 118 valence electrons. The van der Waals surface area contributed by atoms with Crippen LogP contribution in [0.4, 0.5) is 0 Å². The van der Waals surface area contributed by atoms with Crippen LogP contribution in [0.2, 0.25) is 0 Å². The Morgan fingerprint density at radius 2 is 1.90 bits per heavy atom. The first-order valence-electron chi connectivity index (χ1n) is 8.28. The van der Waals surface area contributed by atoms with E-state index in [-0.39, 0.29) is 6.10 Å². The quantitative estimate of drug-likeness (QED) is 0.775. The van der Waals surface area contributed by atoms with Gasteiger partial charge in [-0.3, -0.25) is 0 Å². The second-order valence-corrected chi connectivity index (χ2v) is 7.14. The smallest absolute Gasteiger partial charge is 0.0564 e. The van der Waals surface area contributed by atoms with E-state index in [9.17, 15) is 5.11 Å². The first kappa shape index (κ1) is 16.2. The average Bonchev–Trinajstić information content (AvgIpc) is 2.42. The number of aliphatic hydroxyl groups is 1. The number of hydrogen-bond acceptors (Lipinski definition) is 4. The minimum Gasteiger partial charge on any atom is -0.393 e. The summed E-state index contributed by atoms with van der Waals surface area (Å²) in [4.78, 5) is 2.55. The van der Waals surface area contributed by atoms with Crippen LogP contribution in [0.3, 0.4) is 0 Å². The standard InChI is InChI=1S/C16H32N2O2/c1-14(2)11-17-12-16(5-9-20-10-6-16)13-18-7-3-15(19)4-8-18/h14-15,17,19H,3-13H2,1-2H3. The number of ether oxygens (including phenoxy) is 1. The van der Waals surface area contributed by atoms with E-state index in [1.54, 1.807) is 0 Å². The van der Waals surface area contributed by atoms with Gasteiger partial charge in [0.1, 0.15) is 0 Å². The molecule has 0 saturated carbocycles. The molecule has 0 aromatic carbocycles. The minimum absolute atomic E-state index is 0.0732. The van der Waals surface area contributed by atoms with Crippen LogP contribution in [0.5, 0.6) is 0 Å². The van der Waals surface area contributed by atoms with E-state index >= 15 is 0 Å². The highest BCUT2D eigenvalue weighted by atomic mass is 16.5. The van der Waals surface area contributed by atoms with Crippen LogP contribution in [-0.2, 0) is 4.74 Å². The molecular formula is C16H32N2O2. The number of rotatable bonds is 6. The van der Waals surface area contributed by atoms with Crippen molar-refractivity contribution >= 4 is 0 Å². The zero-order chi connectivity index (χ0) is 14.4. The van der Waals surface area contributed by atoms with E-state index in [1.165, 1.54) is 0 Å². The van der Waals surface area contributed by atoms with Crippen molar-refractivity contribution in [3.05, 3.63) is 0 Å². The molecule has 0 radical (unpaired) electrons. The lowest BCUT2D eigenvalue weighted by molar-refractivity contribution is -0.0157. The predicted molar refractivity (Wildman–Crippen MR) is 81.9 cm³/mol. The first-order valence-corrected chi connectivity index (χ1v) is 8.28. The monoisotopic (exact) mass is 284 g/mol. The van der Waals surface area contributed by atoms with Crippen molar-refractivity contribution in [3.8, 4) is 0 Å². The summed E-state index contributed by atoms with van der Waals surface area (Å²) in [6, 6.07) is 0. The fraction of sp³-hybridized carbons (Fsp3) is 1.00. The summed E-state index contributed by atoms with van der Waals surface area (Å²) >= 11 is 0. The summed E-state index contributed by atoms with van der Waals surface area (Å²) in [6.07, 6.45) is 4.13. The van der Waals surface area contributed by atoms with Crippen molar-refractivity contribution in [2.45, 2.75) is 45.6 Å². The normalized spacial score (nSPS) is 25.2. The Kier molecular flexibility index (Phi) is 6.27. The Balaban J connectivity index is 1.85. The Hall–Kier alpha value is -0.160. The maximum atomic E-state index is 9.64. The molecule has 0 unspecified atom stereocenters. The molecule has 0 atom stereocenters. The van der Waals surface area contributed by atoms with Gasteiger partial charge in [0.15, 0.2) is 0 Å². The van der Waals surface area contributed by atoms with Gasteiger partial charge in [-0.1, -0.05) is 13.8 Å². The van der Waals surface area contributed by atoms with E-state index in [0.29, 0.717) is 11.3 Å². The highest BCUT2D eigenvalue weighted by molar-refractivity contribution is 4.88. The molecule has 0 spiro atoms. The number of nitrogens with zero attached hydrogens (tertiary/aromatic N) is 1. The van der Waals surface area contributed by atoms with Gasteiger partial charge >= 0.3 is 0 Å². The lowest BCUT2D eigenvalue weighted by atomic mass is 9.79. The molecule has 20 heavy (non-hydrogen) atoms. The maximum Gasteiger partial charge on any atom is 0.0564 e. The van der Waals surface area contributed by atoms with Gasteiger partial charge in [-0.15, -0.1) is 0 Å². The van der Waals surface area contributed by atoms with E-state index in [4.69, 9.17) is 4.74 Å². The molecule has 2 rings (SSSR count). The highest BCUT2D eigenvalue weighted by Crippen LogP contribution is 2.32. The zero-order valence-corrected chi connectivity index (χ0v) is 13.2. The summed E-state index contributed by atoms with van der Waals surface area (Å²) < 4.78 is 5.57. The highest BCUT2D eigenvalue weighted by Gasteiger charge is 2.35. The summed E-state index contributed by atoms with van der Waals surface area (Å²) in [5.74, 6) is 0.706. The molecule has 2 heterocycles. The molecule has 0 aromatic heterocycles. The third-order valence-corrected chi connectivity index (χ3v) is 4.72. The third kappa shape index (κ3) is 4.99. The molecule has 2 saturated heterocycles. The van der Waals surface area contributed by atoms with Crippen LogP contribution < -0.4 is 5.32 Å². The van der Waals surface area contributed by atoms with Gasteiger partial charge in [0, 0.05) is 39.4 Å². The van der Waals surface area contributed by atoms with E-state index in [2.05, 4.69) is 24.1 Å². The molecule has 2 fully saturated rings. The maximum absolute atomic E-state index is 9.64. The molecule has 2 aliphatic rings. The fourth-order valence-electron chi connectivity index (χ4n) is 3.37. The molecular weight excluding hydrogens is 252 g/mol. The van der Waals surface area contributed by atoms with Crippen molar-refractivity contribution in [3.63, 3.8) is 0 Å². The molecule has 4 nitrogen and oxygen atoms in total. The molecule has 0 aromatic rings. The number of likely N-dealkylation sites (tertiary alicyclic amines) is 1. The fourth-order valence-corrected chi connectivity index (χ4v) is 3.37. The predicted octanol–water partition coefficient (Wildman–Crippen LogP) is 1.49. The Bertz CT molecular complexity index is 270. The van der Waals surface area contributed by atoms with Gasteiger partial charge in [-0.05, 0) is 43.6 Å². The summed E-state index contributed by atoms with van der Waals surface area (Å²) in [6.45, 7) is 11.8. The van der Waals surface area contributed by atoms with Crippen LogP contribution >= 0.6 is 0 Å². The topological polar surface area (TPSA) is 44.7 Å². The third-order valence-electron chi connectivity index (χ3n) is 4.72. The summed E-state index contributed by atoms with van der Waals surface area (Å²) in [5, 5.41) is 13.3. The van der Waals surface area contributed by atoms with Crippen LogP contribution in [0.15, 0.2) is 0 Å².